The van der Waals surface area contributed by atoms with Crippen LogP contribution in [0.25, 0.3) is 0 Å². The van der Waals surface area contributed by atoms with Gasteiger partial charge >= 0.3 is 0 Å². The normalized spacial score (nSPS) is 10.2. The van der Waals surface area contributed by atoms with Crippen molar-refractivity contribution in [3.63, 3.8) is 0 Å². The van der Waals surface area contributed by atoms with Gasteiger partial charge < -0.3 is 14.8 Å². The second-order valence-corrected chi connectivity index (χ2v) is 3.77. The number of benzene rings is 1. The molecule has 0 aliphatic carbocycles. The zero-order valence-corrected chi connectivity index (χ0v) is 10.4. The molecule has 0 aromatic heterocycles. The van der Waals surface area contributed by atoms with Crippen molar-refractivity contribution in [3.05, 3.63) is 42.5 Å². The molecule has 0 spiro atoms. The van der Waals surface area contributed by atoms with Gasteiger partial charge in [-0.15, -0.1) is 0 Å². The molecule has 0 heterocycles. The largest absolute Gasteiger partial charge is 0.490 e. The maximum Gasteiger partial charge on any atom is 0.119 e. The van der Waals surface area contributed by atoms with Crippen LogP contribution in [0.15, 0.2) is 36.9 Å². The van der Waals surface area contributed by atoms with Crippen LogP contribution >= 0.6 is 0 Å². The third-order valence-electron chi connectivity index (χ3n) is 2.32. The molecule has 0 aliphatic rings. The first-order chi connectivity index (χ1) is 8.36. The number of nitrogens with one attached hydrogen (secondary N) is 1. The van der Waals surface area contributed by atoms with Crippen LogP contribution in [-0.2, 0) is 11.3 Å². The number of rotatable bonds is 9. The van der Waals surface area contributed by atoms with Gasteiger partial charge in [-0.2, -0.15) is 0 Å². The molecular formula is C14H21NO2. The Kier molecular flexibility index (Phi) is 7.11. The van der Waals surface area contributed by atoms with E-state index in [0.29, 0.717) is 6.61 Å². The van der Waals surface area contributed by atoms with Crippen molar-refractivity contribution in [1.29, 1.82) is 0 Å². The van der Waals surface area contributed by atoms with E-state index < -0.39 is 0 Å². The van der Waals surface area contributed by atoms with Crippen LogP contribution in [0, 0.1) is 0 Å². The molecule has 0 amide bonds. The van der Waals surface area contributed by atoms with Gasteiger partial charge in [0, 0.05) is 20.3 Å². The fourth-order valence-electron chi connectivity index (χ4n) is 1.43. The lowest BCUT2D eigenvalue weighted by Gasteiger charge is -2.06. The fraction of sp³-hybridized carbons (Fsp3) is 0.429. The first-order valence-electron chi connectivity index (χ1n) is 5.89. The highest BCUT2D eigenvalue weighted by Crippen LogP contribution is 2.11. The van der Waals surface area contributed by atoms with E-state index in [9.17, 15) is 0 Å². The summed E-state index contributed by atoms with van der Waals surface area (Å²) in [7, 11) is 1.72. The van der Waals surface area contributed by atoms with E-state index in [1.807, 2.05) is 12.1 Å². The molecule has 1 rings (SSSR count). The highest BCUT2D eigenvalue weighted by Gasteiger charge is 1.95. The predicted molar refractivity (Wildman–Crippen MR) is 70.3 cm³/mol. The van der Waals surface area contributed by atoms with E-state index in [1.54, 1.807) is 13.2 Å². The number of hydrogen-bond donors (Lipinski definition) is 1. The van der Waals surface area contributed by atoms with Gasteiger partial charge in [0.05, 0.1) is 0 Å². The Hall–Kier alpha value is -1.32. The van der Waals surface area contributed by atoms with E-state index >= 15 is 0 Å². The predicted octanol–water partition coefficient (Wildman–Crippen LogP) is 2.38. The molecule has 17 heavy (non-hydrogen) atoms. The van der Waals surface area contributed by atoms with Crippen LogP contribution in [0.5, 0.6) is 5.75 Å². The van der Waals surface area contributed by atoms with E-state index in [0.717, 1.165) is 31.9 Å². The number of hydrogen-bond acceptors (Lipinski definition) is 3. The van der Waals surface area contributed by atoms with Crippen molar-refractivity contribution in [1.82, 2.24) is 5.32 Å². The summed E-state index contributed by atoms with van der Waals surface area (Å²) in [6, 6.07) is 8.11. The van der Waals surface area contributed by atoms with E-state index in [2.05, 4.69) is 24.0 Å². The molecule has 0 saturated carbocycles. The molecule has 1 aromatic carbocycles. The van der Waals surface area contributed by atoms with Crippen molar-refractivity contribution in [2.75, 3.05) is 26.9 Å². The van der Waals surface area contributed by atoms with Gasteiger partial charge in [0.25, 0.3) is 0 Å². The lowest BCUT2D eigenvalue weighted by Crippen LogP contribution is -2.15. The Labute approximate surface area is 103 Å². The van der Waals surface area contributed by atoms with Crippen LogP contribution in [-0.4, -0.2) is 26.9 Å². The van der Waals surface area contributed by atoms with Crippen LogP contribution in [0.1, 0.15) is 12.0 Å². The summed E-state index contributed by atoms with van der Waals surface area (Å²) in [4.78, 5) is 0. The highest BCUT2D eigenvalue weighted by molar-refractivity contribution is 5.27. The van der Waals surface area contributed by atoms with Gasteiger partial charge in [-0.25, -0.2) is 0 Å². The molecule has 3 heteroatoms. The summed E-state index contributed by atoms with van der Waals surface area (Å²) in [6.07, 6.45) is 2.78. The average Bonchev–Trinajstić information content (AvgIpc) is 2.37. The van der Waals surface area contributed by atoms with Gasteiger partial charge in [0.2, 0.25) is 0 Å². The lowest BCUT2D eigenvalue weighted by molar-refractivity contribution is 0.194. The molecule has 0 unspecified atom stereocenters. The smallest absolute Gasteiger partial charge is 0.119 e. The second-order valence-electron chi connectivity index (χ2n) is 3.77. The van der Waals surface area contributed by atoms with Crippen molar-refractivity contribution < 1.29 is 9.47 Å². The van der Waals surface area contributed by atoms with Gasteiger partial charge in [-0.05, 0) is 30.7 Å². The first kappa shape index (κ1) is 13.7. The minimum absolute atomic E-state index is 0.550. The number of ether oxygens (including phenoxy) is 2. The molecule has 0 saturated heterocycles. The molecule has 1 N–H and O–H groups in total. The van der Waals surface area contributed by atoms with Crippen molar-refractivity contribution in [3.8, 4) is 5.75 Å². The number of methoxy groups -OCH3 is 1. The van der Waals surface area contributed by atoms with E-state index in [4.69, 9.17) is 9.47 Å². The van der Waals surface area contributed by atoms with Crippen LogP contribution < -0.4 is 10.1 Å². The third kappa shape index (κ3) is 6.09. The van der Waals surface area contributed by atoms with Gasteiger partial charge in [0.15, 0.2) is 0 Å². The van der Waals surface area contributed by atoms with Crippen LogP contribution in [0.2, 0.25) is 0 Å². The quantitative estimate of drug-likeness (QED) is 0.526. The third-order valence-corrected chi connectivity index (χ3v) is 2.32. The molecule has 1 aromatic rings. The van der Waals surface area contributed by atoms with Gasteiger partial charge in [-0.1, -0.05) is 24.8 Å². The molecule has 0 aliphatic heterocycles. The SMILES string of the molecule is C=CCOc1ccc(CNCCCOC)cc1. The highest BCUT2D eigenvalue weighted by atomic mass is 16.5. The minimum atomic E-state index is 0.550. The Morgan fingerprint density at radius 1 is 1.29 bits per heavy atom. The molecule has 0 fully saturated rings. The molecule has 0 atom stereocenters. The fourth-order valence-corrected chi connectivity index (χ4v) is 1.43. The van der Waals surface area contributed by atoms with Crippen molar-refractivity contribution in [2.45, 2.75) is 13.0 Å². The zero-order chi connectivity index (χ0) is 12.3. The topological polar surface area (TPSA) is 30.5 Å². The lowest BCUT2D eigenvalue weighted by atomic mass is 10.2. The summed E-state index contributed by atoms with van der Waals surface area (Å²) in [5.74, 6) is 0.882. The average molecular weight is 235 g/mol. The standard InChI is InChI=1S/C14H21NO2/c1-3-10-17-14-7-5-13(6-8-14)12-15-9-4-11-16-2/h3,5-8,15H,1,4,9-12H2,2H3. The second kappa shape index (κ2) is 8.79. The summed E-state index contributed by atoms with van der Waals surface area (Å²) < 4.78 is 10.4. The van der Waals surface area contributed by atoms with Crippen LogP contribution in [0.3, 0.4) is 0 Å². The van der Waals surface area contributed by atoms with Gasteiger partial charge in [-0.3, -0.25) is 0 Å². The first-order valence-corrected chi connectivity index (χ1v) is 5.89. The minimum Gasteiger partial charge on any atom is -0.490 e. The van der Waals surface area contributed by atoms with E-state index in [1.165, 1.54) is 5.56 Å². The summed E-state index contributed by atoms with van der Waals surface area (Å²) in [6.45, 7) is 6.83. The van der Waals surface area contributed by atoms with Crippen molar-refractivity contribution >= 4 is 0 Å². The van der Waals surface area contributed by atoms with Crippen LogP contribution in [0.4, 0.5) is 0 Å². The summed E-state index contributed by atoms with van der Waals surface area (Å²) >= 11 is 0. The monoisotopic (exact) mass is 235 g/mol. The molecular weight excluding hydrogens is 214 g/mol. The molecule has 94 valence electrons. The maximum atomic E-state index is 5.41. The molecule has 0 radical (unpaired) electrons. The van der Waals surface area contributed by atoms with E-state index in [-0.39, 0.29) is 0 Å². The zero-order valence-electron chi connectivity index (χ0n) is 10.4. The van der Waals surface area contributed by atoms with Crippen molar-refractivity contribution in [2.24, 2.45) is 0 Å². The van der Waals surface area contributed by atoms with Gasteiger partial charge in [0.1, 0.15) is 12.4 Å². The Morgan fingerprint density at radius 3 is 2.71 bits per heavy atom. The Balaban J connectivity index is 2.23. The maximum absolute atomic E-state index is 5.41. The summed E-state index contributed by atoms with van der Waals surface area (Å²) in [5, 5.41) is 3.36. The Bertz CT molecular complexity index is 309. The Morgan fingerprint density at radius 2 is 2.06 bits per heavy atom. The molecule has 3 nitrogen and oxygen atoms in total. The summed E-state index contributed by atoms with van der Waals surface area (Å²) in [5.41, 5.74) is 1.26. The molecule has 0 bridgehead atoms.